The van der Waals surface area contributed by atoms with Crippen molar-refractivity contribution in [2.45, 2.75) is 36.7 Å². The zero-order valence-corrected chi connectivity index (χ0v) is 18.6. The number of hydrogen-bond acceptors (Lipinski definition) is 8. The van der Waals surface area contributed by atoms with Gasteiger partial charge in [0, 0.05) is 24.8 Å². The summed E-state index contributed by atoms with van der Waals surface area (Å²) in [4.78, 5) is 15.1. The van der Waals surface area contributed by atoms with Crippen molar-refractivity contribution in [3.63, 3.8) is 0 Å². The second kappa shape index (κ2) is 9.15. The van der Waals surface area contributed by atoms with Crippen LogP contribution in [-0.4, -0.2) is 52.2 Å². The van der Waals surface area contributed by atoms with Crippen molar-refractivity contribution in [1.82, 2.24) is 14.8 Å². The molecular weight excluding hydrogens is 430 g/mol. The Balaban J connectivity index is 1.31. The Bertz CT molecular complexity index is 1080. The van der Waals surface area contributed by atoms with E-state index < -0.39 is 0 Å². The number of furan rings is 1. The number of ether oxygens (including phenoxy) is 2. The van der Waals surface area contributed by atoms with E-state index in [2.05, 4.69) is 20.4 Å². The van der Waals surface area contributed by atoms with Gasteiger partial charge >= 0.3 is 0 Å². The summed E-state index contributed by atoms with van der Waals surface area (Å²) < 4.78 is 18.7. The lowest BCUT2D eigenvalue weighted by atomic mass is 10.2. The third-order valence-corrected chi connectivity index (χ3v) is 6.52. The molecule has 0 spiro atoms. The van der Waals surface area contributed by atoms with Crippen molar-refractivity contribution in [2.24, 2.45) is 0 Å². The van der Waals surface area contributed by atoms with Crippen molar-refractivity contribution in [2.75, 3.05) is 36.5 Å². The Morgan fingerprint density at radius 2 is 1.97 bits per heavy atom. The Labute approximate surface area is 190 Å². The quantitative estimate of drug-likeness (QED) is 0.542. The van der Waals surface area contributed by atoms with Gasteiger partial charge in [-0.2, -0.15) is 0 Å². The molecule has 1 saturated heterocycles. The zero-order chi connectivity index (χ0) is 21.9. The molecule has 1 amide bonds. The molecule has 0 unspecified atom stereocenters. The van der Waals surface area contributed by atoms with Gasteiger partial charge in [-0.3, -0.25) is 9.36 Å². The van der Waals surface area contributed by atoms with Crippen LogP contribution >= 0.6 is 11.8 Å². The van der Waals surface area contributed by atoms with Gasteiger partial charge in [0.15, 0.2) is 16.7 Å². The van der Waals surface area contributed by atoms with Crippen molar-refractivity contribution in [3.8, 4) is 11.5 Å². The third kappa shape index (κ3) is 4.40. The van der Waals surface area contributed by atoms with E-state index in [1.54, 1.807) is 12.3 Å². The van der Waals surface area contributed by atoms with Crippen LogP contribution in [0.4, 0.5) is 11.6 Å². The molecular formula is C22H25N5O4S. The van der Waals surface area contributed by atoms with E-state index in [9.17, 15) is 4.79 Å². The second-order valence-electron chi connectivity index (χ2n) is 7.75. The molecule has 4 heterocycles. The van der Waals surface area contributed by atoms with Crippen molar-refractivity contribution < 1.29 is 18.7 Å². The van der Waals surface area contributed by atoms with Crippen LogP contribution in [0.3, 0.4) is 0 Å². The number of amides is 1. The minimum absolute atomic E-state index is 0.123. The molecule has 1 aromatic carbocycles. The monoisotopic (exact) mass is 455 g/mol. The Morgan fingerprint density at radius 1 is 1.16 bits per heavy atom. The number of benzene rings is 1. The van der Waals surface area contributed by atoms with Gasteiger partial charge in [0.05, 0.1) is 18.1 Å². The van der Waals surface area contributed by atoms with Crippen LogP contribution < -0.4 is 19.7 Å². The zero-order valence-electron chi connectivity index (χ0n) is 17.8. The SMILES string of the molecule is C[C@H](Sc1nnc(N2CCCC2)n1Cc1ccco1)C(=O)Nc1ccc2c(c1)OCCO2. The standard InChI is InChI=1S/C22H25N5O4S/c1-15(20(28)23-16-6-7-18-19(13-16)31-12-11-30-18)32-22-25-24-21(26-8-2-3-9-26)27(22)14-17-5-4-10-29-17/h4-7,10,13,15H,2-3,8-9,11-12,14H2,1H3,(H,23,28)/t15-/m0/s1. The predicted molar refractivity (Wildman–Crippen MR) is 121 cm³/mol. The largest absolute Gasteiger partial charge is 0.486 e. The van der Waals surface area contributed by atoms with Gasteiger partial charge in [0.25, 0.3) is 0 Å². The molecule has 32 heavy (non-hydrogen) atoms. The molecule has 0 aliphatic carbocycles. The fraction of sp³-hybridized carbons (Fsp3) is 0.409. The summed E-state index contributed by atoms with van der Waals surface area (Å²) in [6.07, 6.45) is 3.94. The molecule has 1 fully saturated rings. The second-order valence-corrected chi connectivity index (χ2v) is 9.06. The van der Waals surface area contributed by atoms with Gasteiger partial charge in [0.2, 0.25) is 11.9 Å². The van der Waals surface area contributed by atoms with Crippen LogP contribution in [0, 0.1) is 0 Å². The smallest absolute Gasteiger partial charge is 0.237 e. The lowest BCUT2D eigenvalue weighted by Gasteiger charge is -2.20. The van der Waals surface area contributed by atoms with Crippen LogP contribution in [0.1, 0.15) is 25.5 Å². The first-order valence-corrected chi connectivity index (χ1v) is 11.6. The van der Waals surface area contributed by atoms with Crippen molar-refractivity contribution in [3.05, 3.63) is 42.4 Å². The topological polar surface area (TPSA) is 94.7 Å². The van der Waals surface area contributed by atoms with E-state index in [4.69, 9.17) is 13.9 Å². The highest BCUT2D eigenvalue weighted by Gasteiger charge is 2.25. The van der Waals surface area contributed by atoms with Crippen LogP contribution in [-0.2, 0) is 11.3 Å². The minimum Gasteiger partial charge on any atom is -0.486 e. The predicted octanol–water partition coefficient (Wildman–Crippen LogP) is 3.41. The summed E-state index contributed by atoms with van der Waals surface area (Å²) in [6.45, 7) is 5.33. The van der Waals surface area contributed by atoms with Crippen LogP contribution in [0.15, 0.2) is 46.2 Å². The van der Waals surface area contributed by atoms with Crippen LogP contribution in [0.2, 0.25) is 0 Å². The molecule has 1 N–H and O–H groups in total. The molecule has 1 atom stereocenters. The first-order valence-electron chi connectivity index (χ1n) is 10.7. The maximum atomic E-state index is 12.9. The molecule has 168 valence electrons. The van der Waals surface area contributed by atoms with Crippen molar-refractivity contribution >= 4 is 29.3 Å². The lowest BCUT2D eigenvalue weighted by molar-refractivity contribution is -0.115. The highest BCUT2D eigenvalue weighted by molar-refractivity contribution is 8.00. The summed E-state index contributed by atoms with van der Waals surface area (Å²) in [5.74, 6) is 2.85. The van der Waals surface area contributed by atoms with Crippen molar-refractivity contribution in [1.29, 1.82) is 0 Å². The Hall–Kier alpha value is -3.14. The molecule has 9 nitrogen and oxygen atoms in total. The number of fused-ring (bicyclic) bond motifs is 1. The van der Waals surface area contributed by atoms with E-state index >= 15 is 0 Å². The number of aromatic nitrogens is 3. The molecule has 3 aromatic rings. The molecule has 5 rings (SSSR count). The number of rotatable bonds is 7. The Morgan fingerprint density at radius 3 is 2.75 bits per heavy atom. The molecule has 2 aliphatic heterocycles. The van der Waals surface area contributed by atoms with Gasteiger partial charge in [-0.1, -0.05) is 11.8 Å². The fourth-order valence-electron chi connectivity index (χ4n) is 3.79. The summed E-state index contributed by atoms with van der Waals surface area (Å²) in [5.41, 5.74) is 0.668. The minimum atomic E-state index is -0.380. The molecule has 0 saturated carbocycles. The van der Waals surface area contributed by atoms with E-state index in [0.29, 0.717) is 42.1 Å². The average Bonchev–Trinajstić information content (AvgIpc) is 3.57. The summed E-state index contributed by atoms with van der Waals surface area (Å²) in [6, 6.07) is 9.21. The van der Waals surface area contributed by atoms with E-state index in [0.717, 1.165) is 37.6 Å². The summed E-state index contributed by atoms with van der Waals surface area (Å²) >= 11 is 1.38. The van der Waals surface area contributed by atoms with Gasteiger partial charge in [-0.05, 0) is 44.0 Å². The highest BCUT2D eigenvalue weighted by atomic mass is 32.2. The number of thioether (sulfide) groups is 1. The normalized spacial score (nSPS) is 16.2. The number of nitrogens with one attached hydrogen (secondary N) is 1. The first-order chi connectivity index (χ1) is 15.7. The Kier molecular flexibility index (Phi) is 5.93. The molecule has 2 aliphatic rings. The van der Waals surface area contributed by atoms with Gasteiger partial charge in [-0.15, -0.1) is 10.2 Å². The first kappa shape index (κ1) is 20.7. The average molecular weight is 456 g/mol. The molecule has 0 bridgehead atoms. The van der Waals surface area contributed by atoms with Gasteiger partial charge in [0.1, 0.15) is 19.0 Å². The van der Waals surface area contributed by atoms with E-state index in [1.165, 1.54) is 11.8 Å². The maximum Gasteiger partial charge on any atom is 0.237 e. The van der Waals surface area contributed by atoms with Crippen LogP contribution in [0.5, 0.6) is 11.5 Å². The third-order valence-electron chi connectivity index (χ3n) is 5.44. The molecule has 10 heteroatoms. The van der Waals surface area contributed by atoms with Gasteiger partial charge < -0.3 is 24.1 Å². The fourth-order valence-corrected chi connectivity index (χ4v) is 4.64. The lowest BCUT2D eigenvalue weighted by Crippen LogP contribution is -2.24. The molecule has 2 aromatic heterocycles. The molecule has 0 radical (unpaired) electrons. The van der Waals surface area contributed by atoms with Crippen LogP contribution in [0.25, 0.3) is 0 Å². The number of carbonyl (C=O) groups excluding carboxylic acids is 1. The summed E-state index contributed by atoms with van der Waals surface area (Å²) in [5, 5.41) is 12.1. The van der Waals surface area contributed by atoms with E-state index in [1.807, 2.05) is 35.8 Å². The van der Waals surface area contributed by atoms with E-state index in [-0.39, 0.29) is 11.2 Å². The summed E-state index contributed by atoms with van der Waals surface area (Å²) in [7, 11) is 0. The number of hydrogen-bond donors (Lipinski definition) is 1. The number of anilines is 2. The number of nitrogens with zero attached hydrogens (tertiary/aromatic N) is 4. The van der Waals surface area contributed by atoms with Gasteiger partial charge in [-0.25, -0.2) is 0 Å². The number of carbonyl (C=O) groups is 1. The maximum absolute atomic E-state index is 12.9. The highest BCUT2D eigenvalue weighted by Crippen LogP contribution is 2.33.